The standard InChI is InChI=1S/C23H28N2O5S/c1-16(18-9-8-17-5-3-6-19(17)13-18)24-23(26)7-4-12-25(31(2,27)28)20-10-11-21-22(14-20)30-15-29-21/h8-11,13-14,16H,3-7,12,15H2,1-2H3,(H,24,26). The van der Waals surface area contributed by atoms with E-state index in [1.807, 2.05) is 6.92 Å². The maximum Gasteiger partial charge on any atom is 0.232 e. The summed E-state index contributed by atoms with van der Waals surface area (Å²) in [5, 5.41) is 3.03. The molecule has 2 aromatic rings. The van der Waals surface area contributed by atoms with E-state index in [0.717, 1.165) is 24.7 Å². The molecule has 2 aliphatic rings. The smallest absolute Gasteiger partial charge is 0.232 e. The lowest BCUT2D eigenvalue weighted by Crippen LogP contribution is -2.32. The number of carbonyl (C=O) groups is 1. The monoisotopic (exact) mass is 444 g/mol. The molecular weight excluding hydrogens is 416 g/mol. The molecule has 0 radical (unpaired) electrons. The third-order valence-electron chi connectivity index (χ3n) is 5.81. The van der Waals surface area contributed by atoms with Gasteiger partial charge in [-0.3, -0.25) is 9.10 Å². The van der Waals surface area contributed by atoms with Crippen molar-refractivity contribution in [2.75, 3.05) is 23.9 Å². The van der Waals surface area contributed by atoms with Gasteiger partial charge in [0, 0.05) is 19.0 Å². The van der Waals surface area contributed by atoms with Gasteiger partial charge in [-0.1, -0.05) is 18.2 Å². The highest BCUT2D eigenvalue weighted by Gasteiger charge is 2.22. The summed E-state index contributed by atoms with van der Waals surface area (Å²) in [4.78, 5) is 12.5. The predicted molar refractivity (Wildman–Crippen MR) is 119 cm³/mol. The molecule has 0 bridgehead atoms. The highest BCUT2D eigenvalue weighted by Crippen LogP contribution is 2.36. The number of hydrogen-bond acceptors (Lipinski definition) is 5. The normalized spacial score (nSPS) is 15.4. The molecule has 8 heteroatoms. The molecule has 0 spiro atoms. The average molecular weight is 445 g/mol. The zero-order chi connectivity index (χ0) is 22.0. The molecule has 2 aromatic carbocycles. The number of anilines is 1. The molecular formula is C23H28N2O5S. The molecule has 0 saturated heterocycles. The van der Waals surface area contributed by atoms with Gasteiger partial charge in [0.15, 0.2) is 11.5 Å². The molecule has 1 unspecified atom stereocenters. The van der Waals surface area contributed by atoms with Gasteiger partial charge in [-0.2, -0.15) is 0 Å². The number of aryl methyl sites for hydroxylation is 2. The van der Waals surface area contributed by atoms with Crippen molar-refractivity contribution in [3.05, 3.63) is 53.1 Å². The fourth-order valence-electron chi connectivity index (χ4n) is 4.17. The van der Waals surface area contributed by atoms with E-state index in [1.54, 1.807) is 18.2 Å². The Morgan fingerprint density at radius 3 is 2.68 bits per heavy atom. The second-order valence-corrected chi connectivity index (χ2v) is 10.1. The molecule has 1 aliphatic carbocycles. The first-order valence-corrected chi connectivity index (χ1v) is 12.4. The summed E-state index contributed by atoms with van der Waals surface area (Å²) in [6, 6.07) is 11.4. The van der Waals surface area contributed by atoms with Crippen LogP contribution >= 0.6 is 0 Å². The van der Waals surface area contributed by atoms with Gasteiger partial charge in [0.05, 0.1) is 18.0 Å². The minimum absolute atomic E-state index is 0.0849. The van der Waals surface area contributed by atoms with Crippen LogP contribution in [0.3, 0.4) is 0 Å². The van der Waals surface area contributed by atoms with E-state index < -0.39 is 10.0 Å². The summed E-state index contributed by atoms with van der Waals surface area (Å²) in [5.41, 5.74) is 4.39. The molecule has 0 fully saturated rings. The largest absolute Gasteiger partial charge is 0.454 e. The Morgan fingerprint density at radius 1 is 1.10 bits per heavy atom. The highest BCUT2D eigenvalue weighted by molar-refractivity contribution is 7.92. The summed E-state index contributed by atoms with van der Waals surface area (Å²) < 4.78 is 36.6. The van der Waals surface area contributed by atoms with Gasteiger partial charge in [0.1, 0.15) is 0 Å². The SMILES string of the molecule is CC(NC(=O)CCCN(c1ccc2c(c1)OCO2)S(C)(=O)=O)c1ccc2c(c1)CCC2. The second-order valence-electron chi connectivity index (χ2n) is 8.15. The van der Waals surface area contributed by atoms with Crippen molar-refractivity contribution in [1.82, 2.24) is 5.32 Å². The molecule has 166 valence electrons. The zero-order valence-corrected chi connectivity index (χ0v) is 18.7. The number of fused-ring (bicyclic) bond motifs is 2. The van der Waals surface area contributed by atoms with Gasteiger partial charge in [0.25, 0.3) is 0 Å². The van der Waals surface area contributed by atoms with Crippen LogP contribution in [0.1, 0.15) is 48.9 Å². The third-order valence-corrected chi connectivity index (χ3v) is 7.00. The number of nitrogens with one attached hydrogen (secondary N) is 1. The summed E-state index contributed by atoms with van der Waals surface area (Å²) in [7, 11) is -3.50. The highest BCUT2D eigenvalue weighted by atomic mass is 32.2. The summed E-state index contributed by atoms with van der Waals surface area (Å²) in [5.74, 6) is 1.02. The Balaban J connectivity index is 1.33. The van der Waals surface area contributed by atoms with E-state index in [-0.39, 0.29) is 31.7 Å². The van der Waals surface area contributed by atoms with Crippen LogP contribution in [0.15, 0.2) is 36.4 Å². The third kappa shape index (κ3) is 4.95. The van der Waals surface area contributed by atoms with Crippen molar-refractivity contribution in [2.45, 2.75) is 45.1 Å². The Labute approximate surface area is 183 Å². The van der Waals surface area contributed by atoms with E-state index in [2.05, 4.69) is 23.5 Å². The predicted octanol–water partition coefficient (Wildman–Crippen LogP) is 3.33. The first kappa shape index (κ1) is 21.5. The van der Waals surface area contributed by atoms with Crippen LogP contribution < -0.4 is 19.1 Å². The fourth-order valence-corrected chi connectivity index (χ4v) is 5.13. The van der Waals surface area contributed by atoms with E-state index in [1.165, 1.54) is 21.9 Å². The van der Waals surface area contributed by atoms with Crippen molar-refractivity contribution < 1.29 is 22.7 Å². The summed E-state index contributed by atoms with van der Waals surface area (Å²) in [6.07, 6.45) is 5.24. The van der Waals surface area contributed by atoms with Crippen molar-refractivity contribution in [3.63, 3.8) is 0 Å². The van der Waals surface area contributed by atoms with Crippen LogP contribution in [0.2, 0.25) is 0 Å². The van der Waals surface area contributed by atoms with Crippen LogP contribution in [0.4, 0.5) is 5.69 Å². The minimum Gasteiger partial charge on any atom is -0.454 e. The molecule has 1 N–H and O–H groups in total. The van der Waals surface area contributed by atoms with Gasteiger partial charge >= 0.3 is 0 Å². The van der Waals surface area contributed by atoms with Crippen LogP contribution in [0.25, 0.3) is 0 Å². The maximum atomic E-state index is 12.5. The number of carbonyl (C=O) groups excluding carboxylic acids is 1. The van der Waals surface area contributed by atoms with Crippen molar-refractivity contribution in [1.29, 1.82) is 0 Å². The number of nitrogens with zero attached hydrogens (tertiary/aromatic N) is 1. The maximum absolute atomic E-state index is 12.5. The molecule has 7 nitrogen and oxygen atoms in total. The van der Waals surface area contributed by atoms with E-state index >= 15 is 0 Å². The molecule has 1 heterocycles. The summed E-state index contributed by atoms with van der Waals surface area (Å²) in [6.45, 7) is 2.31. The first-order chi connectivity index (χ1) is 14.8. The topological polar surface area (TPSA) is 84.9 Å². The first-order valence-electron chi connectivity index (χ1n) is 10.6. The second kappa shape index (κ2) is 8.78. The van der Waals surface area contributed by atoms with E-state index in [4.69, 9.17) is 9.47 Å². The molecule has 0 saturated carbocycles. The quantitative estimate of drug-likeness (QED) is 0.675. The van der Waals surface area contributed by atoms with E-state index in [0.29, 0.717) is 23.6 Å². The van der Waals surface area contributed by atoms with Crippen LogP contribution in [-0.4, -0.2) is 33.9 Å². The van der Waals surface area contributed by atoms with Crippen LogP contribution in [0.5, 0.6) is 11.5 Å². The van der Waals surface area contributed by atoms with Crippen LogP contribution in [-0.2, 0) is 27.7 Å². The Morgan fingerprint density at radius 2 is 1.87 bits per heavy atom. The molecule has 31 heavy (non-hydrogen) atoms. The van der Waals surface area contributed by atoms with E-state index in [9.17, 15) is 13.2 Å². The molecule has 0 aromatic heterocycles. The fraction of sp³-hybridized carbons (Fsp3) is 0.435. The van der Waals surface area contributed by atoms with Crippen molar-refractivity contribution in [3.8, 4) is 11.5 Å². The lowest BCUT2D eigenvalue weighted by molar-refractivity contribution is -0.121. The lowest BCUT2D eigenvalue weighted by atomic mass is 10.0. The molecule has 1 amide bonds. The van der Waals surface area contributed by atoms with Gasteiger partial charge in [-0.25, -0.2) is 8.42 Å². The van der Waals surface area contributed by atoms with Gasteiger partial charge in [0.2, 0.25) is 22.7 Å². The number of ether oxygens (including phenoxy) is 2. The number of benzene rings is 2. The number of amides is 1. The Kier molecular flexibility index (Phi) is 6.09. The molecule has 1 atom stereocenters. The van der Waals surface area contributed by atoms with Crippen molar-refractivity contribution >= 4 is 21.6 Å². The van der Waals surface area contributed by atoms with Gasteiger partial charge < -0.3 is 14.8 Å². The van der Waals surface area contributed by atoms with Crippen LogP contribution in [0, 0.1) is 0 Å². The molecule has 4 rings (SSSR count). The number of hydrogen-bond donors (Lipinski definition) is 1. The average Bonchev–Trinajstić information content (AvgIpc) is 3.38. The van der Waals surface area contributed by atoms with Gasteiger partial charge in [-0.15, -0.1) is 0 Å². The number of sulfonamides is 1. The van der Waals surface area contributed by atoms with Crippen molar-refractivity contribution in [2.24, 2.45) is 0 Å². The Hall–Kier alpha value is -2.74. The molecule has 1 aliphatic heterocycles. The summed E-state index contributed by atoms with van der Waals surface area (Å²) >= 11 is 0. The van der Waals surface area contributed by atoms with Gasteiger partial charge in [-0.05, 0) is 61.4 Å². The lowest BCUT2D eigenvalue weighted by Gasteiger charge is -2.23. The number of rotatable bonds is 8. The Bertz CT molecular complexity index is 1080. The zero-order valence-electron chi connectivity index (χ0n) is 17.9. The minimum atomic E-state index is -3.50.